The first kappa shape index (κ1) is 44.0. The van der Waals surface area contributed by atoms with E-state index in [2.05, 4.69) is 29.9 Å². The first-order chi connectivity index (χ1) is 29.4. The number of nitrogens with one attached hydrogen (secondary N) is 1. The number of halogens is 2. The molecule has 6 N–H and O–H groups in total. The number of aromatic nitrogens is 8. The summed E-state index contributed by atoms with van der Waals surface area (Å²) in [5.41, 5.74) is 10.7. The lowest BCUT2D eigenvalue weighted by Crippen LogP contribution is -2.36. The molecule has 7 heterocycles. The molecule has 0 amide bonds. The summed E-state index contributed by atoms with van der Waals surface area (Å²) in [6.07, 6.45) is -11.6. The number of esters is 1. The van der Waals surface area contributed by atoms with Crippen molar-refractivity contribution in [2.24, 2.45) is 5.41 Å². The number of H-pyrrole nitrogens is 1. The van der Waals surface area contributed by atoms with Crippen LogP contribution in [0.1, 0.15) is 38.8 Å². The number of nitrogen functional groups attached to an aromatic ring is 2. The topological polar surface area (TPSA) is 304 Å². The molecule has 8 rings (SSSR count). The van der Waals surface area contributed by atoms with E-state index in [4.69, 9.17) is 48.7 Å². The Morgan fingerprint density at radius 2 is 1.65 bits per heavy atom. The normalized spacial score (nSPS) is 30.9. The van der Waals surface area contributed by atoms with E-state index in [0.29, 0.717) is 22.7 Å². The molecule has 2 bridgehead atoms. The van der Waals surface area contributed by atoms with Crippen molar-refractivity contribution < 1.29 is 64.9 Å². The SMILES string of the molecule is CC(C)(C)C(=O)OCOc1ccc(CSP2(=O)OC[C@H]3O[C@@H](n4cnc5c(N)ncnc54)[C@H](F)[C@@H]3OCP(=O)(O)OC[C@H]3O[C@@H](n4cnc5c(=O)[nH]c(N)nc54)[C@H](O2)[C@@H]3F)cc1. The first-order valence-corrected chi connectivity index (χ1v) is 23.6. The molecule has 0 radical (unpaired) electrons. The molecule has 1 aromatic carbocycles. The monoisotopic (exact) mass is 928 g/mol. The molecule has 0 spiro atoms. The highest BCUT2D eigenvalue weighted by Gasteiger charge is 2.54. The lowest BCUT2D eigenvalue weighted by molar-refractivity contribution is -0.159. The van der Waals surface area contributed by atoms with Crippen molar-refractivity contribution in [1.29, 1.82) is 0 Å². The van der Waals surface area contributed by atoms with E-state index in [-0.39, 0.29) is 46.6 Å². The lowest BCUT2D eigenvalue weighted by Gasteiger charge is -2.28. The predicted octanol–water partition coefficient (Wildman–Crippen LogP) is 3.52. The number of ether oxygens (including phenoxy) is 5. The Bertz CT molecular complexity index is 2620. The second-order valence-electron chi connectivity index (χ2n) is 15.2. The Balaban J connectivity index is 1.10. The van der Waals surface area contributed by atoms with Crippen LogP contribution >= 0.6 is 25.8 Å². The molecule has 3 aliphatic rings. The highest BCUT2D eigenvalue weighted by atomic mass is 32.7. The maximum atomic E-state index is 16.6. The molecule has 0 saturated carbocycles. The van der Waals surface area contributed by atoms with Gasteiger partial charge in [-0.15, -0.1) is 0 Å². The van der Waals surface area contributed by atoms with Gasteiger partial charge in [0.05, 0.1) is 31.3 Å². The minimum atomic E-state index is -4.76. The third-order valence-electron chi connectivity index (χ3n) is 9.78. The molecule has 3 fully saturated rings. The average molecular weight is 929 g/mol. The summed E-state index contributed by atoms with van der Waals surface area (Å²) in [4.78, 5) is 58.2. The van der Waals surface area contributed by atoms with Gasteiger partial charge >= 0.3 is 20.4 Å². The van der Waals surface area contributed by atoms with E-state index in [0.717, 1.165) is 17.2 Å². The van der Waals surface area contributed by atoms with Gasteiger partial charge in [-0.25, -0.2) is 33.3 Å². The van der Waals surface area contributed by atoms with Gasteiger partial charge in [-0.2, -0.15) is 4.98 Å². The molecule has 5 aromatic rings. The number of aromatic amines is 1. The molecule has 3 aliphatic heterocycles. The second-order valence-corrected chi connectivity index (χ2v) is 21.1. The van der Waals surface area contributed by atoms with E-state index in [1.165, 1.54) is 10.9 Å². The average Bonchev–Trinajstić information content (AvgIpc) is 3.99. The van der Waals surface area contributed by atoms with Gasteiger partial charge in [0.1, 0.15) is 48.4 Å². The minimum absolute atomic E-state index is 0.00935. The fourth-order valence-corrected chi connectivity index (χ4v) is 10.8. The number of hydrogen-bond acceptors (Lipinski definition) is 20. The van der Waals surface area contributed by atoms with Crippen molar-refractivity contribution in [2.75, 3.05) is 37.8 Å². The summed E-state index contributed by atoms with van der Waals surface area (Å²) in [7, 11) is -4.76. The third-order valence-corrected chi connectivity index (χ3v) is 14.5. The van der Waals surface area contributed by atoms with Gasteiger partial charge in [-0.05, 0) is 49.8 Å². The van der Waals surface area contributed by atoms with Crippen molar-refractivity contribution in [2.45, 2.75) is 75.7 Å². The minimum Gasteiger partial charge on any atom is -0.457 e. The second kappa shape index (κ2) is 17.2. The van der Waals surface area contributed by atoms with Crippen molar-refractivity contribution in [3.8, 4) is 5.75 Å². The van der Waals surface area contributed by atoms with Crippen molar-refractivity contribution in [3.63, 3.8) is 0 Å². The third kappa shape index (κ3) is 9.07. The number of hydrogen-bond donors (Lipinski definition) is 4. The molecule has 334 valence electrons. The summed E-state index contributed by atoms with van der Waals surface area (Å²) in [6.45, 7) is -1.46. The quantitative estimate of drug-likeness (QED) is 0.0983. The van der Waals surface area contributed by atoms with Crippen LogP contribution in [0.15, 0.2) is 48.0 Å². The Morgan fingerprint density at radius 3 is 2.39 bits per heavy atom. The van der Waals surface area contributed by atoms with Gasteiger partial charge in [0.25, 0.3) is 5.56 Å². The van der Waals surface area contributed by atoms with Gasteiger partial charge < -0.3 is 44.6 Å². The molecular weight excluding hydrogens is 888 g/mol. The van der Waals surface area contributed by atoms with Crippen LogP contribution in [-0.4, -0.2) is 113 Å². The number of fused-ring (bicyclic) bond motifs is 5. The number of rotatable bonds is 8. The van der Waals surface area contributed by atoms with E-state index < -0.39 is 100 Å². The van der Waals surface area contributed by atoms with E-state index in [9.17, 15) is 19.0 Å². The summed E-state index contributed by atoms with van der Waals surface area (Å²) in [6, 6.07) is 6.41. The van der Waals surface area contributed by atoms with Crippen LogP contribution in [0.3, 0.4) is 0 Å². The van der Waals surface area contributed by atoms with Crippen LogP contribution < -0.4 is 21.8 Å². The lowest BCUT2D eigenvalue weighted by atomic mass is 9.98. The zero-order chi connectivity index (χ0) is 44.1. The summed E-state index contributed by atoms with van der Waals surface area (Å²) >= 11 is 0.639. The van der Waals surface area contributed by atoms with Crippen LogP contribution in [0.4, 0.5) is 20.5 Å². The summed E-state index contributed by atoms with van der Waals surface area (Å²) in [5, 5.41) is 0. The standard InChI is InChI=1S/C34H40F2N10O13P2S/c1-34(2,3)32(48)53-14-52-17-6-4-16(5-7-17)10-62-61(51)56-9-19-24(21(36)30(58-19)45-12-41-22-26(37)39-11-40-27(22)45)54-15-60(49,50)55-8-18-20(35)25(59-61)31(57-18)46-13-42-23-28(46)43-33(38)44-29(23)47/h4-7,11-13,18-21,24-25,30-31H,8-10,14-15H2,1-3H3,(H,49,50)(H2,37,39,40)(H3,38,43,44,47)/t18-,19-,20-,21-,24-,25-,30-,31-,61?/m1/s1. The maximum Gasteiger partial charge on any atom is 0.390 e. The number of nitrogens with two attached hydrogens (primary N) is 2. The highest BCUT2D eigenvalue weighted by Crippen LogP contribution is 2.65. The molecular formula is C34H40F2N10O13P2S. The van der Waals surface area contributed by atoms with Gasteiger partial charge in [0.15, 0.2) is 47.4 Å². The van der Waals surface area contributed by atoms with Crippen molar-refractivity contribution >= 4 is 65.8 Å². The highest BCUT2D eigenvalue weighted by molar-refractivity contribution is 8.54. The molecule has 28 heteroatoms. The number of carbonyl (C=O) groups excluding carboxylic acids is 1. The molecule has 3 saturated heterocycles. The van der Waals surface area contributed by atoms with Gasteiger partial charge in [-0.1, -0.05) is 12.1 Å². The van der Waals surface area contributed by atoms with Gasteiger partial charge in [0, 0.05) is 5.75 Å². The molecule has 0 aliphatic carbocycles. The number of nitrogens with zero attached hydrogens (tertiary/aromatic N) is 7. The molecule has 10 atom stereocenters. The largest absolute Gasteiger partial charge is 0.457 e. The van der Waals surface area contributed by atoms with Gasteiger partial charge in [-0.3, -0.25) is 37.3 Å². The zero-order valence-corrected chi connectivity index (χ0v) is 35.5. The van der Waals surface area contributed by atoms with E-state index in [1.54, 1.807) is 45.0 Å². The number of carbonyl (C=O) groups is 1. The van der Waals surface area contributed by atoms with Crippen LogP contribution in [-0.2, 0) is 52.2 Å². The molecule has 23 nitrogen and oxygen atoms in total. The Morgan fingerprint density at radius 1 is 0.952 bits per heavy atom. The fraction of sp³-hybridized carbons (Fsp3) is 0.500. The molecule has 62 heavy (non-hydrogen) atoms. The van der Waals surface area contributed by atoms with E-state index >= 15 is 13.3 Å². The van der Waals surface area contributed by atoms with Gasteiger partial charge in [0.2, 0.25) is 12.7 Å². The first-order valence-electron chi connectivity index (χ1n) is 18.7. The van der Waals surface area contributed by atoms with Crippen LogP contribution in [0, 0.1) is 5.41 Å². The number of alkyl halides is 2. The van der Waals surface area contributed by atoms with Crippen LogP contribution in [0.2, 0.25) is 0 Å². The summed E-state index contributed by atoms with van der Waals surface area (Å²) < 4.78 is 109. The zero-order valence-electron chi connectivity index (χ0n) is 32.9. The Labute approximate surface area is 352 Å². The Hall–Kier alpha value is -4.62. The Kier molecular flexibility index (Phi) is 12.2. The van der Waals surface area contributed by atoms with Crippen molar-refractivity contribution in [1.82, 2.24) is 39.0 Å². The molecule has 2 unspecified atom stereocenters. The summed E-state index contributed by atoms with van der Waals surface area (Å²) in [5.74, 6) is -0.479. The fourth-order valence-electron chi connectivity index (χ4n) is 6.62. The number of anilines is 2. The predicted molar refractivity (Wildman–Crippen MR) is 213 cm³/mol. The van der Waals surface area contributed by atoms with Crippen LogP contribution in [0.5, 0.6) is 5.75 Å². The smallest absolute Gasteiger partial charge is 0.390 e. The number of benzene rings is 1. The van der Waals surface area contributed by atoms with Crippen LogP contribution in [0.25, 0.3) is 22.3 Å². The molecule has 4 aromatic heterocycles. The number of imidazole rings is 2. The van der Waals surface area contributed by atoms with Crippen molar-refractivity contribution in [3.05, 3.63) is 59.2 Å². The van der Waals surface area contributed by atoms with E-state index in [1.807, 2.05) is 0 Å². The maximum absolute atomic E-state index is 16.6.